The Morgan fingerprint density at radius 3 is 2.18 bits per heavy atom. The quantitative estimate of drug-likeness (QED) is 0.624. The molecule has 0 aromatic heterocycles. The highest BCUT2D eigenvalue weighted by Gasteiger charge is 2.32. The Labute approximate surface area is 103 Å². The highest BCUT2D eigenvalue weighted by Crippen LogP contribution is 2.10. The fourth-order valence-electron chi connectivity index (χ4n) is 1.53. The Morgan fingerprint density at radius 1 is 1.29 bits per heavy atom. The summed E-state index contributed by atoms with van der Waals surface area (Å²) in [6, 6.07) is -0.828. The molecule has 0 bridgehead atoms. The van der Waals surface area contributed by atoms with Crippen LogP contribution in [0.25, 0.3) is 0 Å². The van der Waals surface area contributed by atoms with Gasteiger partial charge in [-0.25, -0.2) is 4.79 Å². The number of aliphatic carboxylic acids is 1. The first kappa shape index (κ1) is 15.9. The van der Waals surface area contributed by atoms with E-state index in [1.807, 2.05) is 20.8 Å². The lowest BCUT2D eigenvalue weighted by atomic mass is 9.97. The van der Waals surface area contributed by atoms with Crippen molar-refractivity contribution < 1.29 is 14.7 Å². The van der Waals surface area contributed by atoms with Gasteiger partial charge in [0, 0.05) is 0 Å². The molecule has 3 N–H and O–H groups in total. The zero-order valence-electron chi connectivity index (χ0n) is 11.3. The molecule has 0 aliphatic heterocycles. The van der Waals surface area contributed by atoms with Crippen molar-refractivity contribution in [2.24, 2.45) is 5.92 Å². The van der Waals surface area contributed by atoms with Crippen molar-refractivity contribution >= 4 is 11.9 Å². The summed E-state index contributed by atoms with van der Waals surface area (Å²) in [5.41, 5.74) is -0.754. The molecule has 0 saturated carbocycles. The number of amides is 1. The van der Waals surface area contributed by atoms with Gasteiger partial charge in [-0.3, -0.25) is 4.79 Å². The van der Waals surface area contributed by atoms with Crippen molar-refractivity contribution in [3.05, 3.63) is 0 Å². The summed E-state index contributed by atoms with van der Waals surface area (Å²) in [5.74, 6) is -1.36. The summed E-state index contributed by atoms with van der Waals surface area (Å²) < 4.78 is 0. The average Bonchev–Trinajstić information content (AvgIpc) is 2.23. The van der Waals surface area contributed by atoms with E-state index < -0.39 is 17.6 Å². The van der Waals surface area contributed by atoms with Crippen LogP contribution in [-0.2, 0) is 9.59 Å². The minimum Gasteiger partial charge on any atom is -0.480 e. The van der Waals surface area contributed by atoms with E-state index in [2.05, 4.69) is 10.6 Å². The van der Waals surface area contributed by atoms with E-state index in [-0.39, 0.29) is 11.8 Å². The van der Waals surface area contributed by atoms with Gasteiger partial charge in [0.25, 0.3) is 0 Å². The fraction of sp³-hybridized carbons (Fsp3) is 0.833. The lowest BCUT2D eigenvalue weighted by Crippen LogP contribution is -2.57. The lowest BCUT2D eigenvalue weighted by Gasteiger charge is -2.28. The molecule has 0 aliphatic rings. The van der Waals surface area contributed by atoms with Gasteiger partial charge in [-0.05, 0) is 26.3 Å². The number of nitrogens with one attached hydrogen (secondary N) is 2. The van der Waals surface area contributed by atoms with Crippen LogP contribution < -0.4 is 10.6 Å². The summed E-state index contributed by atoms with van der Waals surface area (Å²) in [7, 11) is 0. The Bertz CT molecular complexity index is 277. The molecule has 2 unspecified atom stereocenters. The molecule has 5 nitrogen and oxygen atoms in total. The van der Waals surface area contributed by atoms with E-state index >= 15 is 0 Å². The molecule has 0 aliphatic carbocycles. The molecule has 17 heavy (non-hydrogen) atoms. The van der Waals surface area contributed by atoms with Gasteiger partial charge in [-0.1, -0.05) is 27.2 Å². The molecule has 2 atom stereocenters. The Kier molecular flexibility index (Phi) is 6.16. The molecule has 0 fully saturated rings. The number of likely N-dealkylation sites (N-methyl/N-ethyl adjacent to an activating group) is 1. The number of carbonyl (C=O) groups is 2. The van der Waals surface area contributed by atoms with Gasteiger partial charge in [0.15, 0.2) is 0 Å². The van der Waals surface area contributed by atoms with Crippen LogP contribution in [0.4, 0.5) is 0 Å². The standard InChI is InChI=1S/C12H24N2O3/c1-6-8(3)9(10(15)16)14-11(17)12(4,5)13-7-2/h8-9,13H,6-7H2,1-5H3,(H,14,17)(H,15,16). The summed E-state index contributed by atoms with van der Waals surface area (Å²) >= 11 is 0. The molecule has 0 radical (unpaired) electrons. The molecule has 100 valence electrons. The molecule has 1 amide bonds. The van der Waals surface area contributed by atoms with Crippen molar-refractivity contribution in [2.45, 2.75) is 52.6 Å². The van der Waals surface area contributed by atoms with E-state index in [1.165, 1.54) is 0 Å². The summed E-state index contributed by atoms with van der Waals surface area (Å²) in [6.07, 6.45) is 0.707. The fourth-order valence-corrected chi connectivity index (χ4v) is 1.53. The molecule has 0 aromatic carbocycles. The normalized spacial score (nSPS) is 15.1. The van der Waals surface area contributed by atoms with Gasteiger partial charge >= 0.3 is 5.97 Å². The maximum Gasteiger partial charge on any atom is 0.326 e. The Balaban J connectivity index is 4.67. The zero-order chi connectivity index (χ0) is 13.6. The number of carbonyl (C=O) groups excluding carboxylic acids is 1. The monoisotopic (exact) mass is 244 g/mol. The first-order valence-corrected chi connectivity index (χ1v) is 6.05. The van der Waals surface area contributed by atoms with Gasteiger partial charge in [0.05, 0.1) is 5.54 Å². The van der Waals surface area contributed by atoms with Gasteiger partial charge in [0.1, 0.15) is 6.04 Å². The average molecular weight is 244 g/mol. The zero-order valence-corrected chi connectivity index (χ0v) is 11.3. The third-order valence-corrected chi connectivity index (χ3v) is 2.95. The molecular formula is C12H24N2O3. The number of carboxylic acids is 1. The van der Waals surface area contributed by atoms with Crippen LogP contribution in [0.1, 0.15) is 41.0 Å². The third kappa shape index (κ3) is 4.73. The van der Waals surface area contributed by atoms with E-state index in [0.29, 0.717) is 13.0 Å². The maximum atomic E-state index is 12.0. The van der Waals surface area contributed by atoms with Crippen LogP contribution in [0.15, 0.2) is 0 Å². The maximum absolute atomic E-state index is 12.0. The molecule has 0 heterocycles. The van der Waals surface area contributed by atoms with Gasteiger partial charge < -0.3 is 15.7 Å². The van der Waals surface area contributed by atoms with Crippen LogP contribution in [0.5, 0.6) is 0 Å². The predicted molar refractivity (Wildman–Crippen MR) is 66.8 cm³/mol. The summed E-state index contributed by atoms with van der Waals surface area (Å²) in [6.45, 7) is 9.75. The summed E-state index contributed by atoms with van der Waals surface area (Å²) in [5, 5.41) is 14.7. The van der Waals surface area contributed by atoms with Crippen molar-refractivity contribution in [2.75, 3.05) is 6.54 Å². The predicted octanol–water partition coefficient (Wildman–Crippen LogP) is 0.990. The third-order valence-electron chi connectivity index (χ3n) is 2.95. The van der Waals surface area contributed by atoms with E-state index in [0.717, 1.165) is 0 Å². The van der Waals surface area contributed by atoms with E-state index in [4.69, 9.17) is 5.11 Å². The molecule has 0 spiro atoms. The second-order valence-corrected chi connectivity index (χ2v) is 4.83. The van der Waals surface area contributed by atoms with Crippen LogP contribution in [0.2, 0.25) is 0 Å². The van der Waals surface area contributed by atoms with E-state index in [9.17, 15) is 9.59 Å². The highest BCUT2D eigenvalue weighted by atomic mass is 16.4. The van der Waals surface area contributed by atoms with Crippen molar-refractivity contribution in [3.63, 3.8) is 0 Å². The largest absolute Gasteiger partial charge is 0.480 e. The minimum absolute atomic E-state index is 0.0890. The molecule has 0 saturated heterocycles. The Morgan fingerprint density at radius 2 is 1.82 bits per heavy atom. The van der Waals surface area contributed by atoms with Crippen molar-refractivity contribution in [1.82, 2.24) is 10.6 Å². The first-order chi connectivity index (χ1) is 7.76. The van der Waals surface area contributed by atoms with E-state index in [1.54, 1.807) is 13.8 Å². The Hall–Kier alpha value is -1.10. The van der Waals surface area contributed by atoms with Crippen LogP contribution in [0.3, 0.4) is 0 Å². The van der Waals surface area contributed by atoms with Crippen LogP contribution in [0, 0.1) is 5.92 Å². The number of hydrogen-bond acceptors (Lipinski definition) is 3. The SMILES string of the molecule is CCNC(C)(C)C(=O)NC(C(=O)O)C(C)CC. The number of hydrogen-bond donors (Lipinski definition) is 3. The van der Waals surface area contributed by atoms with Gasteiger partial charge in [-0.2, -0.15) is 0 Å². The van der Waals surface area contributed by atoms with Crippen molar-refractivity contribution in [3.8, 4) is 0 Å². The summed E-state index contributed by atoms with van der Waals surface area (Å²) in [4.78, 5) is 23.0. The van der Waals surface area contributed by atoms with Crippen LogP contribution in [-0.4, -0.2) is 35.1 Å². The van der Waals surface area contributed by atoms with Gasteiger partial charge in [0.2, 0.25) is 5.91 Å². The smallest absolute Gasteiger partial charge is 0.326 e. The topological polar surface area (TPSA) is 78.4 Å². The highest BCUT2D eigenvalue weighted by molar-refractivity contribution is 5.89. The molecule has 5 heteroatoms. The second kappa shape index (κ2) is 6.59. The lowest BCUT2D eigenvalue weighted by molar-refractivity contribution is -0.144. The minimum atomic E-state index is -0.986. The van der Waals surface area contributed by atoms with Crippen molar-refractivity contribution in [1.29, 1.82) is 0 Å². The first-order valence-electron chi connectivity index (χ1n) is 6.05. The number of rotatable bonds is 7. The second-order valence-electron chi connectivity index (χ2n) is 4.83. The molecule has 0 aromatic rings. The van der Waals surface area contributed by atoms with Crippen LogP contribution >= 0.6 is 0 Å². The molecular weight excluding hydrogens is 220 g/mol. The number of carboxylic acid groups (broad SMARTS) is 1. The van der Waals surface area contributed by atoms with Gasteiger partial charge in [-0.15, -0.1) is 0 Å². The molecule has 0 rings (SSSR count).